The number of benzene rings is 2. The Morgan fingerprint density at radius 3 is 2.86 bits per heavy atom. The van der Waals surface area contributed by atoms with Crippen molar-refractivity contribution >= 4 is 5.69 Å². The van der Waals surface area contributed by atoms with E-state index in [0.717, 1.165) is 35.7 Å². The lowest BCUT2D eigenvalue weighted by Crippen LogP contribution is -2.24. The third-order valence-corrected chi connectivity index (χ3v) is 3.93. The van der Waals surface area contributed by atoms with E-state index in [1.807, 2.05) is 6.07 Å². The predicted octanol–water partition coefficient (Wildman–Crippen LogP) is 4.11. The molecule has 3 rings (SSSR count). The molecule has 1 atom stereocenters. The van der Waals surface area contributed by atoms with Crippen LogP contribution in [-0.4, -0.2) is 13.7 Å². The van der Waals surface area contributed by atoms with Gasteiger partial charge >= 0.3 is 0 Å². The molecule has 0 radical (unpaired) electrons. The van der Waals surface area contributed by atoms with E-state index < -0.39 is 0 Å². The van der Waals surface area contributed by atoms with Crippen molar-refractivity contribution in [3.63, 3.8) is 0 Å². The van der Waals surface area contributed by atoms with Gasteiger partial charge in [-0.15, -0.1) is 0 Å². The van der Waals surface area contributed by atoms with E-state index in [4.69, 9.17) is 9.47 Å². The topological polar surface area (TPSA) is 30.5 Å². The van der Waals surface area contributed by atoms with Crippen molar-refractivity contribution in [2.24, 2.45) is 0 Å². The molecule has 0 spiro atoms. The molecule has 3 nitrogen and oxygen atoms in total. The maximum atomic E-state index is 6.17. The van der Waals surface area contributed by atoms with Gasteiger partial charge in [0.25, 0.3) is 0 Å². The van der Waals surface area contributed by atoms with Crippen LogP contribution in [0.3, 0.4) is 0 Å². The quantitative estimate of drug-likeness (QED) is 0.919. The Labute approximate surface area is 125 Å². The molecule has 0 saturated heterocycles. The fourth-order valence-electron chi connectivity index (χ4n) is 2.71. The number of hydrogen-bond acceptors (Lipinski definition) is 3. The zero-order valence-electron chi connectivity index (χ0n) is 12.8. The number of ether oxygens (including phenoxy) is 2. The predicted molar refractivity (Wildman–Crippen MR) is 85.4 cm³/mol. The van der Waals surface area contributed by atoms with Crippen molar-refractivity contribution in [3.8, 4) is 11.5 Å². The summed E-state index contributed by atoms with van der Waals surface area (Å²) in [6.07, 6.45) is 1.00. The van der Waals surface area contributed by atoms with Crippen LogP contribution in [0.15, 0.2) is 36.4 Å². The molecule has 2 aromatic carbocycles. The van der Waals surface area contributed by atoms with Crippen LogP contribution in [0.5, 0.6) is 11.5 Å². The summed E-state index contributed by atoms with van der Waals surface area (Å²) in [5.41, 5.74) is 4.70. The molecule has 0 aliphatic carbocycles. The van der Waals surface area contributed by atoms with Gasteiger partial charge in [0.05, 0.1) is 19.3 Å². The number of anilines is 1. The third-order valence-electron chi connectivity index (χ3n) is 3.93. The Hall–Kier alpha value is -2.16. The molecule has 0 amide bonds. The van der Waals surface area contributed by atoms with Gasteiger partial charge in [-0.25, -0.2) is 0 Å². The molecular formula is C18H21NO2. The molecule has 1 aliphatic heterocycles. The summed E-state index contributed by atoms with van der Waals surface area (Å²) in [6.45, 7) is 4.99. The fourth-order valence-corrected chi connectivity index (χ4v) is 2.71. The molecule has 21 heavy (non-hydrogen) atoms. The number of methoxy groups -OCH3 is 1. The van der Waals surface area contributed by atoms with Crippen molar-refractivity contribution in [1.29, 1.82) is 0 Å². The summed E-state index contributed by atoms with van der Waals surface area (Å²) in [4.78, 5) is 0. The van der Waals surface area contributed by atoms with E-state index >= 15 is 0 Å². The second-order valence-electron chi connectivity index (χ2n) is 5.42. The highest BCUT2D eigenvalue weighted by atomic mass is 16.5. The maximum absolute atomic E-state index is 6.17. The monoisotopic (exact) mass is 283 g/mol. The Morgan fingerprint density at radius 2 is 2.10 bits per heavy atom. The number of nitrogens with one attached hydrogen (secondary N) is 1. The molecule has 0 saturated carbocycles. The van der Waals surface area contributed by atoms with Crippen LogP contribution < -0.4 is 14.8 Å². The van der Waals surface area contributed by atoms with Crippen molar-refractivity contribution < 1.29 is 9.47 Å². The van der Waals surface area contributed by atoms with Gasteiger partial charge in [-0.3, -0.25) is 0 Å². The number of rotatable bonds is 3. The summed E-state index contributed by atoms with van der Waals surface area (Å²) in [5.74, 6) is 1.79. The maximum Gasteiger partial charge on any atom is 0.145 e. The van der Waals surface area contributed by atoms with E-state index in [0.29, 0.717) is 0 Å². The molecule has 1 N–H and O–H groups in total. The normalized spacial score (nSPS) is 16.6. The smallest absolute Gasteiger partial charge is 0.145 e. The van der Waals surface area contributed by atoms with Crippen LogP contribution in [-0.2, 0) is 6.42 Å². The summed E-state index contributed by atoms with van der Waals surface area (Å²) < 4.78 is 11.6. The molecule has 0 aromatic heterocycles. The summed E-state index contributed by atoms with van der Waals surface area (Å²) in [7, 11) is 1.70. The van der Waals surface area contributed by atoms with Crippen LogP contribution in [0.4, 0.5) is 5.69 Å². The highest BCUT2D eigenvalue weighted by molar-refractivity contribution is 5.60. The molecule has 0 fully saturated rings. The second kappa shape index (κ2) is 5.68. The minimum absolute atomic E-state index is 0.0279. The molecule has 110 valence electrons. The number of fused-ring (bicyclic) bond motifs is 1. The largest absolute Gasteiger partial charge is 0.496 e. The zero-order valence-corrected chi connectivity index (χ0v) is 12.8. The summed E-state index contributed by atoms with van der Waals surface area (Å²) in [5, 5.41) is 3.48. The van der Waals surface area contributed by atoms with Crippen LogP contribution in [0.25, 0.3) is 0 Å². The van der Waals surface area contributed by atoms with E-state index in [-0.39, 0.29) is 6.10 Å². The first kappa shape index (κ1) is 13.8. The minimum Gasteiger partial charge on any atom is -0.496 e. The summed E-state index contributed by atoms with van der Waals surface area (Å²) >= 11 is 0. The van der Waals surface area contributed by atoms with E-state index in [1.165, 1.54) is 11.1 Å². The molecule has 2 aromatic rings. The van der Waals surface area contributed by atoms with Gasteiger partial charge in [-0.2, -0.15) is 0 Å². The van der Waals surface area contributed by atoms with Gasteiger partial charge in [0.1, 0.15) is 17.6 Å². The van der Waals surface area contributed by atoms with Gasteiger partial charge in [0.2, 0.25) is 0 Å². The van der Waals surface area contributed by atoms with Crippen LogP contribution in [0, 0.1) is 6.92 Å². The van der Waals surface area contributed by atoms with Gasteiger partial charge in [-0.05, 0) is 43.2 Å². The van der Waals surface area contributed by atoms with Crippen molar-refractivity contribution in [2.45, 2.75) is 26.4 Å². The molecule has 3 heteroatoms. The van der Waals surface area contributed by atoms with Crippen molar-refractivity contribution in [1.82, 2.24) is 0 Å². The lowest BCUT2D eigenvalue weighted by atomic mass is 10.0. The van der Waals surface area contributed by atoms with Crippen LogP contribution >= 0.6 is 0 Å². The fraction of sp³-hybridized carbons (Fsp3) is 0.333. The SMILES string of the molecule is CCc1ccc2c(c1)NCC(c1cc(C)ccc1OC)O2. The Balaban J connectivity index is 1.91. The van der Waals surface area contributed by atoms with E-state index in [9.17, 15) is 0 Å². The second-order valence-corrected chi connectivity index (χ2v) is 5.42. The lowest BCUT2D eigenvalue weighted by Gasteiger charge is -2.29. The first-order chi connectivity index (χ1) is 10.2. The van der Waals surface area contributed by atoms with Crippen molar-refractivity contribution in [2.75, 3.05) is 19.0 Å². The van der Waals surface area contributed by atoms with Gasteiger partial charge in [0, 0.05) is 5.56 Å². The van der Waals surface area contributed by atoms with E-state index in [2.05, 4.69) is 49.5 Å². The van der Waals surface area contributed by atoms with Crippen LogP contribution in [0.2, 0.25) is 0 Å². The minimum atomic E-state index is -0.0279. The molecule has 1 unspecified atom stereocenters. The Bertz CT molecular complexity index is 652. The molecule has 1 heterocycles. The zero-order chi connectivity index (χ0) is 14.8. The Morgan fingerprint density at radius 1 is 1.24 bits per heavy atom. The first-order valence-electron chi connectivity index (χ1n) is 7.39. The third kappa shape index (κ3) is 2.68. The Kier molecular flexibility index (Phi) is 3.74. The highest BCUT2D eigenvalue weighted by Gasteiger charge is 2.23. The summed E-state index contributed by atoms with van der Waals surface area (Å²) in [6, 6.07) is 12.5. The van der Waals surface area contributed by atoms with E-state index in [1.54, 1.807) is 7.11 Å². The lowest BCUT2D eigenvalue weighted by molar-refractivity contribution is 0.205. The van der Waals surface area contributed by atoms with Gasteiger partial charge < -0.3 is 14.8 Å². The van der Waals surface area contributed by atoms with Gasteiger partial charge in [0.15, 0.2) is 0 Å². The highest BCUT2D eigenvalue weighted by Crippen LogP contribution is 2.37. The van der Waals surface area contributed by atoms with Crippen molar-refractivity contribution in [3.05, 3.63) is 53.1 Å². The molecule has 0 bridgehead atoms. The average Bonchev–Trinajstić information content (AvgIpc) is 2.53. The average molecular weight is 283 g/mol. The standard InChI is InChI=1S/C18H21NO2/c1-4-13-6-8-17-15(10-13)19-11-18(21-17)14-9-12(2)5-7-16(14)20-3/h5-10,18-19H,4,11H2,1-3H3. The first-order valence-corrected chi connectivity index (χ1v) is 7.39. The van der Waals surface area contributed by atoms with Crippen LogP contribution in [0.1, 0.15) is 29.7 Å². The molecule has 1 aliphatic rings. The number of aryl methyl sites for hydroxylation is 2. The number of hydrogen-bond donors (Lipinski definition) is 1. The van der Waals surface area contributed by atoms with Gasteiger partial charge in [-0.1, -0.05) is 24.6 Å². The molecular weight excluding hydrogens is 262 g/mol.